The van der Waals surface area contributed by atoms with Crippen molar-refractivity contribution in [3.63, 3.8) is 0 Å². The summed E-state index contributed by atoms with van der Waals surface area (Å²) in [5.74, 6) is 1.94. The van der Waals surface area contributed by atoms with E-state index < -0.39 is 11.9 Å². The lowest BCUT2D eigenvalue weighted by Crippen LogP contribution is -2.57. The maximum Gasteiger partial charge on any atom is 0.244 e. The number of hydrogen-bond acceptors (Lipinski definition) is 2. The van der Waals surface area contributed by atoms with Crippen LogP contribution in [0.15, 0.2) is 18.2 Å². The zero-order valence-corrected chi connectivity index (χ0v) is 14.5. The molecule has 1 unspecified atom stereocenters. The van der Waals surface area contributed by atoms with Crippen molar-refractivity contribution in [3.8, 4) is 0 Å². The van der Waals surface area contributed by atoms with Gasteiger partial charge in [-0.3, -0.25) is 9.59 Å². The third-order valence-electron chi connectivity index (χ3n) is 7.24. The number of fused-ring (bicyclic) bond motifs is 1. The maximum atomic E-state index is 13.7. The molecule has 2 amide bonds. The van der Waals surface area contributed by atoms with Crippen LogP contribution >= 0.6 is 0 Å². The van der Waals surface area contributed by atoms with Gasteiger partial charge in [-0.25, -0.2) is 0 Å². The number of amides is 2. The molecule has 2 N–H and O–H groups in total. The molecule has 1 heterocycles. The van der Waals surface area contributed by atoms with Crippen molar-refractivity contribution in [2.24, 2.45) is 28.9 Å². The summed E-state index contributed by atoms with van der Waals surface area (Å²) in [5, 5.41) is 0. The van der Waals surface area contributed by atoms with Gasteiger partial charge >= 0.3 is 0 Å². The summed E-state index contributed by atoms with van der Waals surface area (Å²) in [7, 11) is 0. The summed E-state index contributed by atoms with van der Waals surface area (Å²) in [4.78, 5) is 27.8. The van der Waals surface area contributed by atoms with Gasteiger partial charge in [0.05, 0.1) is 5.41 Å². The Hall–Kier alpha value is -1.84. The van der Waals surface area contributed by atoms with Crippen molar-refractivity contribution in [2.45, 2.75) is 51.0 Å². The molecule has 1 atom stereocenters. The Bertz CT molecular complexity index is 706. The number of carbonyl (C=O) groups is 2. The van der Waals surface area contributed by atoms with Crippen LogP contribution in [0.4, 0.5) is 0 Å². The zero-order valence-electron chi connectivity index (χ0n) is 14.5. The van der Waals surface area contributed by atoms with Gasteiger partial charge in [-0.15, -0.1) is 0 Å². The van der Waals surface area contributed by atoms with Crippen LogP contribution in [0.25, 0.3) is 0 Å². The Labute approximate surface area is 148 Å². The number of benzene rings is 1. The predicted molar refractivity (Wildman–Crippen MR) is 93.2 cm³/mol. The second kappa shape index (κ2) is 5.33. The summed E-state index contributed by atoms with van der Waals surface area (Å²) in [6, 6.07) is 8.11. The van der Waals surface area contributed by atoms with Crippen LogP contribution in [-0.4, -0.2) is 23.3 Å². The minimum absolute atomic E-state index is 0.203. The average Bonchev–Trinajstić information content (AvgIpc) is 2.58. The van der Waals surface area contributed by atoms with Crippen LogP contribution < -0.4 is 5.73 Å². The maximum absolute atomic E-state index is 13.7. The highest BCUT2D eigenvalue weighted by Gasteiger charge is 2.56. The molecule has 4 saturated carbocycles. The molecule has 0 saturated heterocycles. The molecule has 5 aliphatic rings. The Morgan fingerprint density at radius 1 is 1.12 bits per heavy atom. The van der Waals surface area contributed by atoms with Gasteiger partial charge in [0.2, 0.25) is 11.8 Å². The molecular weight excluding hydrogens is 312 g/mol. The molecule has 4 nitrogen and oxygen atoms in total. The fraction of sp³-hybridized carbons (Fsp3) is 0.619. The van der Waals surface area contributed by atoms with E-state index in [1.165, 1.54) is 19.3 Å². The summed E-state index contributed by atoms with van der Waals surface area (Å²) < 4.78 is 0. The first kappa shape index (κ1) is 15.4. The van der Waals surface area contributed by atoms with Crippen molar-refractivity contribution in [1.29, 1.82) is 0 Å². The quantitative estimate of drug-likeness (QED) is 0.901. The second-order valence-electron chi connectivity index (χ2n) is 8.88. The van der Waals surface area contributed by atoms with Crippen LogP contribution in [-0.2, 0) is 16.0 Å². The Balaban J connectivity index is 1.50. The molecule has 4 bridgehead atoms. The fourth-order valence-corrected chi connectivity index (χ4v) is 6.70. The van der Waals surface area contributed by atoms with Crippen molar-refractivity contribution in [3.05, 3.63) is 35.4 Å². The van der Waals surface area contributed by atoms with Crippen LogP contribution in [0.2, 0.25) is 0 Å². The second-order valence-corrected chi connectivity index (χ2v) is 8.88. The minimum Gasteiger partial charge on any atom is -0.368 e. The van der Waals surface area contributed by atoms with Gasteiger partial charge in [0.15, 0.2) is 0 Å². The van der Waals surface area contributed by atoms with Gasteiger partial charge in [-0.2, -0.15) is 0 Å². The van der Waals surface area contributed by atoms with E-state index in [0.29, 0.717) is 24.3 Å². The first-order valence-corrected chi connectivity index (χ1v) is 9.65. The normalized spacial score (nSPS) is 38.5. The number of rotatable bonds is 2. The van der Waals surface area contributed by atoms with E-state index >= 15 is 0 Å². The van der Waals surface area contributed by atoms with Crippen molar-refractivity contribution >= 4 is 11.8 Å². The molecule has 4 aliphatic carbocycles. The third-order valence-corrected chi connectivity index (χ3v) is 7.24. The molecular formula is C21H25N2O2. The van der Waals surface area contributed by atoms with E-state index in [1.807, 2.05) is 23.1 Å². The highest BCUT2D eigenvalue weighted by molar-refractivity contribution is 5.91. The number of primary amides is 1. The van der Waals surface area contributed by atoms with Gasteiger partial charge in [-0.1, -0.05) is 18.2 Å². The van der Waals surface area contributed by atoms with E-state index in [1.54, 1.807) is 0 Å². The van der Waals surface area contributed by atoms with Crippen molar-refractivity contribution < 1.29 is 9.59 Å². The topological polar surface area (TPSA) is 63.4 Å². The van der Waals surface area contributed by atoms with Gasteiger partial charge in [0.25, 0.3) is 0 Å². The first-order valence-electron chi connectivity index (χ1n) is 9.65. The lowest BCUT2D eigenvalue weighted by atomic mass is 9.49. The lowest BCUT2D eigenvalue weighted by Gasteiger charge is -2.57. The number of nitrogens with zero attached hydrogens (tertiary/aromatic N) is 1. The fourth-order valence-electron chi connectivity index (χ4n) is 6.70. The third kappa shape index (κ3) is 2.26. The lowest BCUT2D eigenvalue weighted by molar-refractivity contribution is -0.162. The van der Waals surface area contributed by atoms with E-state index in [9.17, 15) is 9.59 Å². The molecule has 4 fully saturated rings. The smallest absolute Gasteiger partial charge is 0.244 e. The molecule has 0 spiro atoms. The highest BCUT2D eigenvalue weighted by atomic mass is 16.2. The van der Waals surface area contributed by atoms with Gasteiger partial charge < -0.3 is 10.6 Å². The summed E-state index contributed by atoms with van der Waals surface area (Å²) in [6.07, 6.45) is 7.79. The standard InChI is InChI=1S/C21H25N2O2/c22-19(24)18-17-4-2-1-3-16(17)5-6-23(18)20(25)21-10-13-7-14(11-21)9-15(8-13)12-21/h2-4,13-15,18H,5-12H2,(H2,22,24). The first-order chi connectivity index (χ1) is 12.1. The molecule has 1 aliphatic heterocycles. The SMILES string of the molecule is NC(=O)C1c2cc[c]cc2CCN1C(=O)C12CC3CC(CC(C3)C1)C2. The predicted octanol–water partition coefficient (Wildman–Crippen LogP) is 2.61. The van der Waals surface area contributed by atoms with Crippen molar-refractivity contribution in [1.82, 2.24) is 4.90 Å². The van der Waals surface area contributed by atoms with Gasteiger partial charge in [0.1, 0.15) is 6.04 Å². The molecule has 0 aromatic heterocycles. The minimum atomic E-state index is -0.612. The molecule has 131 valence electrons. The monoisotopic (exact) mass is 337 g/mol. The Kier molecular flexibility index (Phi) is 3.28. The van der Waals surface area contributed by atoms with Gasteiger partial charge in [0, 0.05) is 6.54 Å². The van der Waals surface area contributed by atoms with Crippen LogP contribution in [0.5, 0.6) is 0 Å². The molecule has 1 aromatic rings. The van der Waals surface area contributed by atoms with E-state index in [-0.39, 0.29) is 11.3 Å². The van der Waals surface area contributed by atoms with E-state index in [2.05, 4.69) is 6.07 Å². The van der Waals surface area contributed by atoms with E-state index in [4.69, 9.17) is 5.73 Å². The largest absolute Gasteiger partial charge is 0.368 e. The Morgan fingerprint density at radius 2 is 1.76 bits per heavy atom. The van der Waals surface area contributed by atoms with Crippen LogP contribution in [0.1, 0.15) is 55.7 Å². The summed E-state index contributed by atoms with van der Waals surface area (Å²) in [6.45, 7) is 0.596. The molecule has 1 aromatic carbocycles. The Morgan fingerprint density at radius 3 is 2.36 bits per heavy atom. The average molecular weight is 337 g/mol. The zero-order chi connectivity index (χ0) is 17.2. The van der Waals surface area contributed by atoms with Crippen molar-refractivity contribution in [2.75, 3.05) is 6.54 Å². The molecule has 25 heavy (non-hydrogen) atoms. The van der Waals surface area contributed by atoms with Gasteiger partial charge in [-0.05, 0) is 79.9 Å². The highest BCUT2D eigenvalue weighted by Crippen LogP contribution is 2.61. The number of nitrogens with two attached hydrogens (primary N) is 1. The number of hydrogen-bond donors (Lipinski definition) is 1. The molecule has 6 rings (SSSR count). The molecule has 4 heteroatoms. The van der Waals surface area contributed by atoms with E-state index in [0.717, 1.165) is 36.8 Å². The number of carbonyl (C=O) groups excluding carboxylic acids is 2. The summed E-state index contributed by atoms with van der Waals surface area (Å²) in [5.41, 5.74) is 7.53. The van der Waals surface area contributed by atoms with Crippen LogP contribution in [0.3, 0.4) is 0 Å². The molecule has 1 radical (unpaired) electrons. The summed E-state index contributed by atoms with van der Waals surface area (Å²) >= 11 is 0. The van der Waals surface area contributed by atoms with Crippen LogP contribution in [0, 0.1) is 29.2 Å².